The van der Waals surface area contributed by atoms with E-state index in [1.54, 1.807) is 5.38 Å². The highest BCUT2D eigenvalue weighted by Crippen LogP contribution is 2.20. The number of hydrogen-bond donors (Lipinski definition) is 2. The van der Waals surface area contributed by atoms with Crippen molar-refractivity contribution in [1.29, 1.82) is 0 Å². The van der Waals surface area contributed by atoms with Crippen molar-refractivity contribution < 1.29 is 9.53 Å². The lowest BCUT2D eigenvalue weighted by Gasteiger charge is -2.08. The van der Waals surface area contributed by atoms with Crippen molar-refractivity contribution in [3.05, 3.63) is 22.1 Å². The zero-order valence-electron chi connectivity index (χ0n) is 11.6. The summed E-state index contributed by atoms with van der Waals surface area (Å²) in [5, 5.41) is 10.9. The quantitative estimate of drug-likeness (QED) is 0.884. The topological polar surface area (TPSA) is 76.1 Å². The zero-order valence-corrected chi connectivity index (χ0v) is 13.2. The molecule has 1 fully saturated rings. The minimum absolute atomic E-state index is 0.231. The summed E-state index contributed by atoms with van der Waals surface area (Å²) in [5.41, 5.74) is 1.30. The SMILES string of the molecule is Cc1csc(NC(=O)c2csc(NCC3CCCO3)n2)n1. The van der Waals surface area contributed by atoms with Gasteiger partial charge in [-0.3, -0.25) is 10.1 Å². The second-order valence-electron chi connectivity index (χ2n) is 4.80. The summed E-state index contributed by atoms with van der Waals surface area (Å²) in [6.45, 7) is 3.47. The van der Waals surface area contributed by atoms with Crippen LogP contribution in [0.2, 0.25) is 0 Å². The molecule has 6 nitrogen and oxygen atoms in total. The van der Waals surface area contributed by atoms with Crippen molar-refractivity contribution in [2.45, 2.75) is 25.9 Å². The number of aromatic nitrogens is 2. The van der Waals surface area contributed by atoms with Gasteiger partial charge in [0.2, 0.25) is 0 Å². The highest BCUT2D eigenvalue weighted by molar-refractivity contribution is 7.14. The Labute approximate surface area is 130 Å². The van der Waals surface area contributed by atoms with E-state index in [1.165, 1.54) is 22.7 Å². The number of nitrogens with one attached hydrogen (secondary N) is 2. The standard InChI is InChI=1S/C13H16N4O2S2/c1-8-6-20-13(15-8)17-11(18)10-7-21-12(16-10)14-5-9-3-2-4-19-9/h6-7,9H,2-5H2,1H3,(H,14,16)(H,15,17,18). The van der Waals surface area contributed by atoms with E-state index in [4.69, 9.17) is 4.74 Å². The molecule has 1 aliphatic heterocycles. The van der Waals surface area contributed by atoms with Crippen LogP contribution in [-0.4, -0.2) is 35.1 Å². The second-order valence-corrected chi connectivity index (χ2v) is 6.52. The van der Waals surface area contributed by atoms with E-state index in [0.717, 1.165) is 36.8 Å². The summed E-state index contributed by atoms with van der Waals surface area (Å²) < 4.78 is 5.54. The zero-order chi connectivity index (χ0) is 14.7. The van der Waals surface area contributed by atoms with Crippen molar-refractivity contribution in [3.8, 4) is 0 Å². The molecular weight excluding hydrogens is 308 g/mol. The van der Waals surface area contributed by atoms with Gasteiger partial charge in [0, 0.05) is 23.9 Å². The van der Waals surface area contributed by atoms with Crippen molar-refractivity contribution in [2.24, 2.45) is 0 Å². The number of nitrogens with zero attached hydrogens (tertiary/aromatic N) is 2. The number of rotatable bonds is 5. The van der Waals surface area contributed by atoms with Crippen molar-refractivity contribution in [2.75, 3.05) is 23.8 Å². The van der Waals surface area contributed by atoms with Gasteiger partial charge in [0.1, 0.15) is 5.69 Å². The minimum Gasteiger partial charge on any atom is -0.376 e. The predicted octanol–water partition coefficient (Wildman–Crippen LogP) is 2.75. The van der Waals surface area contributed by atoms with Gasteiger partial charge >= 0.3 is 0 Å². The molecule has 0 aliphatic carbocycles. The van der Waals surface area contributed by atoms with Crippen LogP contribution in [0, 0.1) is 6.92 Å². The van der Waals surface area contributed by atoms with E-state index in [1.807, 2.05) is 12.3 Å². The van der Waals surface area contributed by atoms with E-state index in [-0.39, 0.29) is 12.0 Å². The fraction of sp³-hybridized carbons (Fsp3) is 0.462. The monoisotopic (exact) mass is 324 g/mol. The molecule has 2 aromatic rings. The van der Waals surface area contributed by atoms with Crippen LogP contribution in [0.25, 0.3) is 0 Å². The molecule has 1 amide bonds. The normalized spacial score (nSPS) is 17.9. The number of anilines is 2. The maximum atomic E-state index is 12.0. The highest BCUT2D eigenvalue weighted by Gasteiger charge is 2.17. The molecule has 1 saturated heterocycles. The highest BCUT2D eigenvalue weighted by atomic mass is 32.1. The first kappa shape index (κ1) is 14.4. The molecule has 2 aromatic heterocycles. The van der Waals surface area contributed by atoms with Crippen molar-refractivity contribution in [3.63, 3.8) is 0 Å². The van der Waals surface area contributed by atoms with Crippen LogP contribution >= 0.6 is 22.7 Å². The number of hydrogen-bond acceptors (Lipinski definition) is 7. The summed E-state index contributed by atoms with van der Waals surface area (Å²) >= 11 is 2.83. The molecule has 8 heteroatoms. The number of carbonyl (C=O) groups is 1. The van der Waals surface area contributed by atoms with E-state index < -0.39 is 0 Å². The van der Waals surface area contributed by atoms with Crippen LogP contribution in [0.5, 0.6) is 0 Å². The average molecular weight is 324 g/mol. The first-order chi connectivity index (χ1) is 10.2. The Bertz CT molecular complexity index is 619. The largest absolute Gasteiger partial charge is 0.376 e. The number of ether oxygens (including phenoxy) is 1. The van der Waals surface area contributed by atoms with Gasteiger partial charge in [-0.2, -0.15) is 0 Å². The van der Waals surface area contributed by atoms with Gasteiger partial charge in [-0.15, -0.1) is 22.7 Å². The molecule has 0 bridgehead atoms. The van der Waals surface area contributed by atoms with E-state index >= 15 is 0 Å². The molecule has 0 aromatic carbocycles. The summed E-state index contributed by atoms with van der Waals surface area (Å²) in [6, 6.07) is 0. The van der Waals surface area contributed by atoms with E-state index in [9.17, 15) is 4.79 Å². The second kappa shape index (κ2) is 6.50. The van der Waals surface area contributed by atoms with E-state index in [2.05, 4.69) is 20.6 Å². The third-order valence-electron chi connectivity index (χ3n) is 3.08. The minimum atomic E-state index is -0.231. The molecule has 3 rings (SSSR count). The Morgan fingerprint density at radius 1 is 1.38 bits per heavy atom. The molecule has 112 valence electrons. The Balaban J connectivity index is 1.54. The third kappa shape index (κ3) is 3.78. The Morgan fingerprint density at radius 2 is 2.24 bits per heavy atom. The van der Waals surface area contributed by atoms with Gasteiger partial charge in [0.05, 0.1) is 11.8 Å². The van der Waals surface area contributed by atoms with Gasteiger partial charge in [-0.25, -0.2) is 9.97 Å². The fourth-order valence-corrected chi connectivity index (χ4v) is 3.42. The molecule has 1 atom stereocenters. The van der Waals surface area contributed by atoms with Gasteiger partial charge < -0.3 is 10.1 Å². The Morgan fingerprint density at radius 3 is 2.95 bits per heavy atom. The number of aryl methyl sites for hydroxylation is 1. The van der Waals surface area contributed by atoms with Crippen LogP contribution in [0.15, 0.2) is 10.8 Å². The fourth-order valence-electron chi connectivity index (χ4n) is 2.04. The maximum absolute atomic E-state index is 12.0. The number of amides is 1. The van der Waals surface area contributed by atoms with Gasteiger partial charge in [0.25, 0.3) is 5.91 Å². The molecule has 3 heterocycles. The van der Waals surface area contributed by atoms with Crippen molar-refractivity contribution in [1.82, 2.24) is 9.97 Å². The van der Waals surface area contributed by atoms with Crippen LogP contribution in [-0.2, 0) is 4.74 Å². The first-order valence-corrected chi connectivity index (χ1v) is 8.51. The molecular formula is C13H16N4O2S2. The Hall–Kier alpha value is -1.51. The first-order valence-electron chi connectivity index (χ1n) is 6.75. The molecule has 2 N–H and O–H groups in total. The molecule has 0 radical (unpaired) electrons. The van der Waals surface area contributed by atoms with Crippen LogP contribution in [0.3, 0.4) is 0 Å². The Kier molecular flexibility index (Phi) is 4.47. The lowest BCUT2D eigenvalue weighted by molar-refractivity contribution is 0.102. The lowest BCUT2D eigenvalue weighted by Crippen LogP contribution is -2.18. The lowest BCUT2D eigenvalue weighted by atomic mass is 10.2. The average Bonchev–Trinajstić information content (AvgIpc) is 3.17. The van der Waals surface area contributed by atoms with Crippen LogP contribution in [0.4, 0.5) is 10.3 Å². The third-order valence-corrected chi connectivity index (χ3v) is 4.76. The van der Waals surface area contributed by atoms with Crippen molar-refractivity contribution >= 4 is 38.8 Å². The smallest absolute Gasteiger partial charge is 0.276 e. The number of carbonyl (C=O) groups excluding carboxylic acids is 1. The maximum Gasteiger partial charge on any atom is 0.276 e. The van der Waals surface area contributed by atoms with Gasteiger partial charge in [0.15, 0.2) is 10.3 Å². The van der Waals surface area contributed by atoms with Crippen LogP contribution < -0.4 is 10.6 Å². The molecule has 1 aliphatic rings. The molecule has 21 heavy (non-hydrogen) atoms. The summed E-state index contributed by atoms with van der Waals surface area (Å²) in [5.74, 6) is -0.231. The summed E-state index contributed by atoms with van der Waals surface area (Å²) in [6.07, 6.45) is 2.45. The van der Waals surface area contributed by atoms with E-state index in [0.29, 0.717) is 10.8 Å². The number of thiazole rings is 2. The summed E-state index contributed by atoms with van der Waals surface area (Å²) in [7, 11) is 0. The van der Waals surface area contributed by atoms with Crippen LogP contribution in [0.1, 0.15) is 29.0 Å². The van der Waals surface area contributed by atoms with Gasteiger partial charge in [-0.1, -0.05) is 0 Å². The van der Waals surface area contributed by atoms with Gasteiger partial charge in [-0.05, 0) is 19.8 Å². The summed E-state index contributed by atoms with van der Waals surface area (Å²) in [4.78, 5) is 20.5. The molecule has 1 unspecified atom stereocenters. The predicted molar refractivity (Wildman–Crippen MR) is 84.4 cm³/mol. The molecule has 0 spiro atoms. The molecule has 0 saturated carbocycles.